The van der Waals surface area contributed by atoms with Gasteiger partial charge in [-0.3, -0.25) is 4.68 Å². The van der Waals surface area contributed by atoms with Crippen LogP contribution in [0.1, 0.15) is 27.4 Å². The molecular formula is C16H15F3N2O5. The first-order valence-electron chi connectivity index (χ1n) is 8.06. The van der Waals surface area contributed by atoms with Crippen LogP contribution in [0.3, 0.4) is 0 Å². The molecule has 2 aromatic heterocycles. The van der Waals surface area contributed by atoms with Crippen LogP contribution in [0, 0.1) is 0 Å². The number of aromatic carboxylic acids is 1. The van der Waals surface area contributed by atoms with Gasteiger partial charge in [-0.05, 0) is 12.0 Å². The minimum atomic E-state index is -4.86. The lowest BCUT2D eigenvalue weighted by molar-refractivity contribution is -0.138. The lowest BCUT2D eigenvalue weighted by Gasteiger charge is -2.22. The highest BCUT2D eigenvalue weighted by Gasteiger charge is 2.45. The van der Waals surface area contributed by atoms with E-state index in [9.17, 15) is 18.0 Å². The van der Waals surface area contributed by atoms with Gasteiger partial charge >= 0.3 is 12.1 Å². The molecular weight excluding hydrogens is 357 g/mol. The normalized spacial score (nSPS) is 19.9. The highest BCUT2D eigenvalue weighted by molar-refractivity contribution is 5.90. The summed E-state index contributed by atoms with van der Waals surface area (Å²) >= 11 is 0. The summed E-state index contributed by atoms with van der Waals surface area (Å²) in [5, 5.41) is 13.4. The van der Waals surface area contributed by atoms with E-state index in [0.29, 0.717) is 38.3 Å². The molecule has 7 nitrogen and oxygen atoms in total. The van der Waals surface area contributed by atoms with Gasteiger partial charge in [-0.1, -0.05) is 0 Å². The molecule has 0 saturated carbocycles. The smallest absolute Gasteiger partial charge is 0.421 e. The van der Waals surface area contributed by atoms with Gasteiger partial charge in [0.05, 0.1) is 37.6 Å². The number of carbonyl (C=O) groups is 1. The van der Waals surface area contributed by atoms with E-state index in [2.05, 4.69) is 5.10 Å². The third kappa shape index (κ3) is 2.88. The van der Waals surface area contributed by atoms with Gasteiger partial charge in [-0.15, -0.1) is 0 Å². The molecule has 2 aliphatic rings. The van der Waals surface area contributed by atoms with E-state index in [4.69, 9.17) is 19.0 Å². The fourth-order valence-electron chi connectivity index (χ4n) is 3.37. The summed E-state index contributed by atoms with van der Waals surface area (Å²) in [6.07, 6.45) is -2.81. The Labute approximate surface area is 145 Å². The second-order valence-electron chi connectivity index (χ2n) is 6.20. The predicted octanol–water partition coefficient (Wildman–Crippen LogP) is 2.37. The molecule has 0 radical (unpaired) electrons. The van der Waals surface area contributed by atoms with Crippen molar-refractivity contribution in [3.8, 4) is 11.3 Å². The Hall–Kier alpha value is -2.33. The summed E-state index contributed by atoms with van der Waals surface area (Å²) in [6.45, 7) is 1.70. The zero-order valence-electron chi connectivity index (χ0n) is 13.5. The maximum atomic E-state index is 13.5. The molecule has 1 saturated heterocycles. The molecule has 1 atom stereocenters. The minimum absolute atomic E-state index is 0.00437. The standard InChI is InChI=1S/C16H15F3N2O5/c17-16(18,19)12-11-10(26-14(12)15(22)23)2-1-8-5-21(20-13(8)11)6-9-7-24-3-4-25-9/h5,9H,1-4,6-7H2,(H,22,23). The van der Waals surface area contributed by atoms with E-state index in [1.165, 1.54) is 4.68 Å². The molecule has 26 heavy (non-hydrogen) atoms. The number of aryl methyl sites for hydroxylation is 2. The fourth-order valence-corrected chi connectivity index (χ4v) is 3.37. The van der Waals surface area contributed by atoms with Crippen molar-refractivity contribution >= 4 is 5.97 Å². The Balaban J connectivity index is 1.75. The molecule has 10 heteroatoms. The quantitative estimate of drug-likeness (QED) is 0.890. The van der Waals surface area contributed by atoms with Crippen molar-refractivity contribution in [3.63, 3.8) is 0 Å². The van der Waals surface area contributed by atoms with Crippen molar-refractivity contribution in [1.82, 2.24) is 9.78 Å². The number of rotatable bonds is 3. The van der Waals surface area contributed by atoms with E-state index in [-0.39, 0.29) is 29.5 Å². The summed E-state index contributed by atoms with van der Waals surface area (Å²) in [7, 11) is 0. The van der Waals surface area contributed by atoms with E-state index >= 15 is 0 Å². The van der Waals surface area contributed by atoms with Crippen LogP contribution in [-0.4, -0.2) is 46.8 Å². The molecule has 1 aliphatic heterocycles. The van der Waals surface area contributed by atoms with Crippen molar-refractivity contribution < 1.29 is 37.0 Å². The monoisotopic (exact) mass is 372 g/mol. The lowest BCUT2D eigenvalue weighted by Crippen LogP contribution is -2.32. The summed E-state index contributed by atoms with van der Waals surface area (Å²) in [4.78, 5) is 11.2. The predicted molar refractivity (Wildman–Crippen MR) is 79.9 cm³/mol. The van der Waals surface area contributed by atoms with Crippen LogP contribution in [0.4, 0.5) is 13.2 Å². The molecule has 1 aliphatic carbocycles. The zero-order chi connectivity index (χ0) is 18.5. The molecule has 1 N–H and O–H groups in total. The molecule has 0 amide bonds. The average Bonchev–Trinajstić information content (AvgIpc) is 3.15. The van der Waals surface area contributed by atoms with Crippen LogP contribution in [0.15, 0.2) is 10.6 Å². The number of halogens is 3. The number of hydrogen-bond acceptors (Lipinski definition) is 5. The molecule has 0 spiro atoms. The summed E-state index contributed by atoms with van der Waals surface area (Å²) in [6, 6.07) is 0. The molecule has 0 aromatic carbocycles. The first kappa shape index (κ1) is 17.1. The van der Waals surface area contributed by atoms with Gasteiger partial charge in [0.15, 0.2) is 0 Å². The highest BCUT2D eigenvalue weighted by Crippen LogP contribution is 2.46. The second-order valence-corrected chi connectivity index (χ2v) is 6.20. The van der Waals surface area contributed by atoms with Gasteiger partial charge in [-0.2, -0.15) is 18.3 Å². The minimum Gasteiger partial charge on any atom is -0.475 e. The van der Waals surface area contributed by atoms with E-state index in [1.807, 2.05) is 0 Å². The van der Waals surface area contributed by atoms with Crippen LogP contribution in [0.5, 0.6) is 0 Å². The van der Waals surface area contributed by atoms with Gasteiger partial charge in [0.25, 0.3) is 0 Å². The maximum Gasteiger partial charge on any atom is 0.421 e. The first-order valence-corrected chi connectivity index (χ1v) is 8.06. The lowest BCUT2D eigenvalue weighted by atomic mass is 9.93. The molecule has 140 valence electrons. The molecule has 2 aromatic rings. The Morgan fingerprint density at radius 3 is 2.81 bits per heavy atom. The van der Waals surface area contributed by atoms with E-state index in [1.54, 1.807) is 6.20 Å². The number of hydrogen-bond donors (Lipinski definition) is 1. The van der Waals surface area contributed by atoms with Gasteiger partial charge in [0, 0.05) is 12.6 Å². The Bertz CT molecular complexity index is 849. The number of aromatic nitrogens is 2. The molecule has 0 bridgehead atoms. The van der Waals surface area contributed by atoms with Gasteiger partial charge in [-0.25, -0.2) is 4.79 Å². The molecule has 1 unspecified atom stereocenters. The van der Waals surface area contributed by atoms with Gasteiger partial charge in [0.2, 0.25) is 5.76 Å². The van der Waals surface area contributed by atoms with Crippen LogP contribution in [-0.2, 0) is 35.0 Å². The van der Waals surface area contributed by atoms with Crippen molar-refractivity contribution in [2.45, 2.75) is 31.7 Å². The summed E-state index contributed by atoms with van der Waals surface area (Å²) in [5.74, 6) is -2.83. The summed E-state index contributed by atoms with van der Waals surface area (Å²) < 4.78 is 57.9. The molecule has 4 rings (SSSR count). The third-order valence-electron chi connectivity index (χ3n) is 4.43. The number of alkyl halides is 3. The Morgan fingerprint density at radius 2 is 2.15 bits per heavy atom. The molecule has 3 heterocycles. The number of carboxylic acids is 1. The first-order chi connectivity index (χ1) is 12.3. The van der Waals surface area contributed by atoms with Crippen LogP contribution < -0.4 is 0 Å². The van der Waals surface area contributed by atoms with Crippen LogP contribution in [0.25, 0.3) is 11.3 Å². The van der Waals surface area contributed by atoms with E-state index < -0.39 is 23.5 Å². The van der Waals surface area contributed by atoms with Crippen molar-refractivity contribution in [2.24, 2.45) is 0 Å². The topological polar surface area (TPSA) is 86.7 Å². The number of furan rings is 1. The maximum absolute atomic E-state index is 13.5. The number of carboxylic acid groups (broad SMARTS) is 1. The van der Waals surface area contributed by atoms with Crippen LogP contribution in [0.2, 0.25) is 0 Å². The van der Waals surface area contributed by atoms with Crippen molar-refractivity contribution in [2.75, 3.05) is 19.8 Å². The van der Waals surface area contributed by atoms with E-state index in [0.717, 1.165) is 0 Å². The largest absolute Gasteiger partial charge is 0.475 e. The van der Waals surface area contributed by atoms with Gasteiger partial charge < -0.3 is 19.0 Å². The van der Waals surface area contributed by atoms with Crippen molar-refractivity contribution in [1.29, 1.82) is 0 Å². The van der Waals surface area contributed by atoms with Crippen molar-refractivity contribution in [3.05, 3.63) is 28.8 Å². The fraction of sp³-hybridized carbons (Fsp3) is 0.500. The third-order valence-corrected chi connectivity index (χ3v) is 4.43. The SMILES string of the molecule is O=C(O)c1oc2c(c1C(F)(F)F)-c1nn(CC3COCCO3)cc1CC2. The average molecular weight is 372 g/mol. The Kier molecular flexibility index (Phi) is 4.03. The summed E-state index contributed by atoms with van der Waals surface area (Å²) in [5.41, 5.74) is -0.803. The Morgan fingerprint density at radius 1 is 1.35 bits per heavy atom. The van der Waals surface area contributed by atoms with Gasteiger partial charge in [0.1, 0.15) is 17.4 Å². The number of fused-ring (bicyclic) bond motifs is 3. The number of ether oxygens (including phenoxy) is 2. The second kappa shape index (κ2) is 6.13. The zero-order valence-corrected chi connectivity index (χ0v) is 13.5. The highest BCUT2D eigenvalue weighted by atomic mass is 19.4. The van der Waals surface area contributed by atoms with Crippen LogP contribution >= 0.6 is 0 Å². The number of nitrogens with zero attached hydrogens (tertiary/aromatic N) is 2. The molecule has 1 fully saturated rings.